The van der Waals surface area contributed by atoms with Crippen molar-refractivity contribution >= 4 is 21.6 Å². The van der Waals surface area contributed by atoms with Crippen LogP contribution in [0.15, 0.2) is 41.3 Å². The van der Waals surface area contributed by atoms with Crippen LogP contribution in [-0.4, -0.2) is 28.0 Å². The molecule has 0 aromatic heterocycles. The highest BCUT2D eigenvalue weighted by molar-refractivity contribution is 7.89. The quantitative estimate of drug-likeness (QED) is 0.759. The molecule has 0 aliphatic carbocycles. The van der Waals surface area contributed by atoms with Crippen molar-refractivity contribution in [2.75, 3.05) is 19.0 Å². The molecule has 0 radical (unpaired) electrons. The maximum atomic E-state index is 12.5. The van der Waals surface area contributed by atoms with Crippen LogP contribution >= 0.6 is 0 Å². The molecule has 0 unspecified atom stereocenters. The van der Waals surface area contributed by atoms with Gasteiger partial charge in [-0.15, -0.1) is 0 Å². The molecule has 0 spiro atoms. The highest BCUT2D eigenvalue weighted by Gasteiger charge is 2.19. The summed E-state index contributed by atoms with van der Waals surface area (Å²) in [6.45, 7) is 7.32. The SMILES string of the molecule is COc1ccc(S(=O)(=O)NCC(=O)Nc2c(C)cccc2C(C)C)c(C)c1. The number of hydrogen-bond donors (Lipinski definition) is 2. The molecule has 27 heavy (non-hydrogen) atoms. The third kappa shape index (κ3) is 5.08. The normalized spacial score (nSPS) is 11.5. The van der Waals surface area contributed by atoms with E-state index in [0.717, 1.165) is 16.8 Å². The standard InChI is InChI=1S/C20H26N2O4S/c1-13(2)17-8-6-7-14(3)20(17)22-19(23)12-21-27(24,25)18-10-9-16(26-5)11-15(18)4/h6-11,13,21H,12H2,1-5H3,(H,22,23). The maximum Gasteiger partial charge on any atom is 0.241 e. The minimum atomic E-state index is -3.81. The third-order valence-corrected chi connectivity index (χ3v) is 5.85. The minimum absolute atomic E-state index is 0.120. The molecule has 0 aliphatic heterocycles. The molecule has 0 aliphatic rings. The van der Waals surface area contributed by atoms with Crippen LogP contribution in [0.5, 0.6) is 5.75 Å². The molecule has 0 heterocycles. The van der Waals surface area contributed by atoms with E-state index in [1.54, 1.807) is 19.1 Å². The van der Waals surface area contributed by atoms with Crippen LogP contribution in [0.2, 0.25) is 0 Å². The average molecular weight is 391 g/mol. The number of para-hydroxylation sites is 1. The van der Waals surface area contributed by atoms with Gasteiger partial charge in [0, 0.05) is 5.69 Å². The fourth-order valence-corrected chi connectivity index (χ4v) is 4.02. The first-order chi connectivity index (χ1) is 12.7. The summed E-state index contributed by atoms with van der Waals surface area (Å²) in [6.07, 6.45) is 0. The Morgan fingerprint density at radius 3 is 2.41 bits per heavy atom. The van der Waals surface area contributed by atoms with Crippen molar-refractivity contribution in [2.24, 2.45) is 0 Å². The summed E-state index contributed by atoms with van der Waals surface area (Å²) in [5.74, 6) is 0.393. The molecule has 0 fully saturated rings. The van der Waals surface area contributed by atoms with Crippen LogP contribution in [0, 0.1) is 13.8 Å². The Labute approximate surface area is 161 Å². The van der Waals surface area contributed by atoms with Gasteiger partial charge < -0.3 is 10.1 Å². The van der Waals surface area contributed by atoms with E-state index in [-0.39, 0.29) is 17.4 Å². The van der Waals surface area contributed by atoms with Gasteiger partial charge in [-0.25, -0.2) is 13.1 Å². The predicted molar refractivity (Wildman–Crippen MR) is 107 cm³/mol. The van der Waals surface area contributed by atoms with Crippen LogP contribution in [-0.2, 0) is 14.8 Å². The Bertz CT molecular complexity index is 937. The molecule has 7 heteroatoms. The van der Waals surface area contributed by atoms with Crippen LogP contribution in [0.25, 0.3) is 0 Å². The lowest BCUT2D eigenvalue weighted by atomic mass is 9.98. The number of benzene rings is 2. The molecule has 0 atom stereocenters. The number of sulfonamides is 1. The van der Waals surface area contributed by atoms with Gasteiger partial charge in [0.25, 0.3) is 0 Å². The van der Waals surface area contributed by atoms with E-state index in [4.69, 9.17) is 4.74 Å². The van der Waals surface area contributed by atoms with Crippen molar-refractivity contribution in [1.82, 2.24) is 4.72 Å². The van der Waals surface area contributed by atoms with E-state index in [9.17, 15) is 13.2 Å². The van der Waals surface area contributed by atoms with E-state index >= 15 is 0 Å². The summed E-state index contributed by atoms with van der Waals surface area (Å²) in [6, 6.07) is 10.5. The van der Waals surface area contributed by atoms with Crippen molar-refractivity contribution in [2.45, 2.75) is 38.5 Å². The zero-order chi connectivity index (χ0) is 20.2. The van der Waals surface area contributed by atoms with Gasteiger partial charge >= 0.3 is 0 Å². The van der Waals surface area contributed by atoms with Crippen molar-refractivity contribution in [1.29, 1.82) is 0 Å². The number of carbonyl (C=O) groups excluding carboxylic acids is 1. The van der Waals surface area contributed by atoms with Gasteiger partial charge in [0.15, 0.2) is 0 Å². The molecule has 0 saturated carbocycles. The lowest BCUT2D eigenvalue weighted by Crippen LogP contribution is -2.33. The Morgan fingerprint density at radius 2 is 1.81 bits per heavy atom. The second-order valence-electron chi connectivity index (χ2n) is 6.70. The molecule has 2 rings (SSSR count). The molecule has 146 valence electrons. The summed E-state index contributed by atoms with van der Waals surface area (Å²) in [4.78, 5) is 12.5. The summed E-state index contributed by atoms with van der Waals surface area (Å²) in [5, 5.41) is 2.83. The van der Waals surface area contributed by atoms with Gasteiger partial charge in [0.1, 0.15) is 5.75 Å². The van der Waals surface area contributed by atoms with Gasteiger partial charge in [0.05, 0.1) is 18.6 Å². The summed E-state index contributed by atoms with van der Waals surface area (Å²) in [5.41, 5.74) is 3.22. The second kappa shape index (κ2) is 8.54. The van der Waals surface area contributed by atoms with E-state index in [1.807, 2.05) is 39.0 Å². The van der Waals surface area contributed by atoms with Gasteiger partial charge in [-0.2, -0.15) is 0 Å². The molecular formula is C20H26N2O4S. The second-order valence-corrected chi connectivity index (χ2v) is 8.43. The van der Waals surface area contributed by atoms with Gasteiger partial charge in [-0.05, 0) is 54.7 Å². The first-order valence-electron chi connectivity index (χ1n) is 8.69. The lowest BCUT2D eigenvalue weighted by molar-refractivity contribution is -0.115. The summed E-state index contributed by atoms with van der Waals surface area (Å²) >= 11 is 0. The fourth-order valence-electron chi connectivity index (χ4n) is 2.81. The molecule has 0 bridgehead atoms. The van der Waals surface area contributed by atoms with Crippen molar-refractivity contribution < 1.29 is 17.9 Å². The Hall–Kier alpha value is -2.38. The average Bonchev–Trinajstić information content (AvgIpc) is 2.61. The molecule has 2 aromatic carbocycles. The van der Waals surface area contributed by atoms with Crippen LogP contribution in [0.1, 0.15) is 36.5 Å². The smallest absolute Gasteiger partial charge is 0.241 e. The highest BCUT2D eigenvalue weighted by Crippen LogP contribution is 2.27. The zero-order valence-corrected chi connectivity index (χ0v) is 17.1. The molecular weight excluding hydrogens is 364 g/mol. The maximum absolute atomic E-state index is 12.5. The van der Waals surface area contributed by atoms with Crippen LogP contribution < -0.4 is 14.8 Å². The molecule has 2 N–H and O–H groups in total. The van der Waals surface area contributed by atoms with Crippen molar-refractivity contribution in [3.8, 4) is 5.75 Å². The first kappa shape index (κ1) is 20.9. The Morgan fingerprint density at radius 1 is 1.11 bits per heavy atom. The molecule has 6 nitrogen and oxygen atoms in total. The van der Waals surface area contributed by atoms with Gasteiger partial charge in [-0.1, -0.05) is 32.0 Å². The number of ether oxygens (including phenoxy) is 1. The number of hydrogen-bond acceptors (Lipinski definition) is 4. The monoisotopic (exact) mass is 390 g/mol. The Kier molecular flexibility index (Phi) is 6.62. The van der Waals surface area contributed by atoms with Crippen LogP contribution in [0.4, 0.5) is 5.69 Å². The lowest BCUT2D eigenvalue weighted by Gasteiger charge is -2.17. The number of methoxy groups -OCH3 is 1. The Balaban J connectivity index is 2.12. The number of nitrogens with one attached hydrogen (secondary N) is 2. The molecule has 0 saturated heterocycles. The highest BCUT2D eigenvalue weighted by atomic mass is 32.2. The van der Waals surface area contributed by atoms with Crippen LogP contribution in [0.3, 0.4) is 0 Å². The van der Waals surface area contributed by atoms with E-state index in [1.165, 1.54) is 13.2 Å². The molecule has 1 amide bonds. The summed E-state index contributed by atoms with van der Waals surface area (Å²) < 4.78 is 32.5. The molecule has 2 aromatic rings. The van der Waals surface area contributed by atoms with E-state index < -0.39 is 15.9 Å². The number of anilines is 1. The van der Waals surface area contributed by atoms with E-state index in [0.29, 0.717) is 11.3 Å². The van der Waals surface area contributed by atoms with Crippen molar-refractivity contribution in [3.05, 3.63) is 53.1 Å². The number of amides is 1. The topological polar surface area (TPSA) is 84.5 Å². The van der Waals surface area contributed by atoms with E-state index in [2.05, 4.69) is 10.0 Å². The predicted octanol–water partition coefficient (Wildman–Crippen LogP) is 3.35. The third-order valence-electron chi connectivity index (χ3n) is 4.29. The van der Waals surface area contributed by atoms with Crippen molar-refractivity contribution in [3.63, 3.8) is 0 Å². The number of rotatable bonds is 7. The largest absolute Gasteiger partial charge is 0.497 e. The minimum Gasteiger partial charge on any atom is -0.497 e. The summed E-state index contributed by atoms with van der Waals surface area (Å²) in [7, 11) is -2.29. The number of carbonyl (C=O) groups is 1. The van der Waals surface area contributed by atoms with Gasteiger partial charge in [-0.3, -0.25) is 4.79 Å². The fraction of sp³-hybridized carbons (Fsp3) is 0.350. The zero-order valence-electron chi connectivity index (χ0n) is 16.3. The number of aryl methyl sites for hydroxylation is 2. The van der Waals surface area contributed by atoms with Gasteiger partial charge in [0.2, 0.25) is 15.9 Å². The first-order valence-corrected chi connectivity index (χ1v) is 10.2.